The summed E-state index contributed by atoms with van der Waals surface area (Å²) in [6, 6.07) is 4.47. The maximum atomic E-state index is 13.5. The van der Waals surface area contributed by atoms with E-state index in [1.54, 1.807) is 6.20 Å². The van der Waals surface area contributed by atoms with Gasteiger partial charge >= 0.3 is 0 Å². The van der Waals surface area contributed by atoms with Crippen molar-refractivity contribution in [2.24, 2.45) is 0 Å². The van der Waals surface area contributed by atoms with Gasteiger partial charge in [0.1, 0.15) is 17.3 Å². The number of halogens is 2. The van der Waals surface area contributed by atoms with Gasteiger partial charge in [0.2, 0.25) is 0 Å². The van der Waals surface area contributed by atoms with Gasteiger partial charge in [-0.15, -0.1) is 0 Å². The fraction of sp³-hybridized carbons (Fsp3) is 0.267. The van der Waals surface area contributed by atoms with Gasteiger partial charge in [-0.25, -0.2) is 4.39 Å². The Kier molecular flexibility index (Phi) is 4.26. The minimum Gasteiger partial charge on any atom is -0.455 e. The van der Waals surface area contributed by atoms with Crippen molar-refractivity contribution < 1.29 is 14.2 Å². The number of hydrogen-bond acceptors (Lipinski definition) is 3. The van der Waals surface area contributed by atoms with Crippen molar-refractivity contribution >= 4 is 11.6 Å². The van der Waals surface area contributed by atoms with Crippen LogP contribution < -0.4 is 4.74 Å². The Morgan fingerprint density at radius 2 is 2.05 bits per heavy atom. The fourth-order valence-corrected chi connectivity index (χ4v) is 2.14. The van der Waals surface area contributed by atoms with E-state index in [-0.39, 0.29) is 10.6 Å². The maximum absolute atomic E-state index is 13.5. The summed E-state index contributed by atoms with van der Waals surface area (Å²) in [7, 11) is 0. The van der Waals surface area contributed by atoms with Crippen molar-refractivity contribution in [1.29, 1.82) is 0 Å². The zero-order valence-corrected chi connectivity index (χ0v) is 12.2. The molecule has 2 rings (SSSR count). The van der Waals surface area contributed by atoms with Gasteiger partial charge in [-0.3, -0.25) is 4.98 Å². The standard InChI is InChI=1S/C15H15ClFNO2/c1-8-6-11(7-18-9(8)2)20-13-5-4-12(17)15(16)14(13)10(3)19/h4-7,10,19H,1-3H3. The van der Waals surface area contributed by atoms with Gasteiger partial charge < -0.3 is 9.84 Å². The first-order valence-electron chi connectivity index (χ1n) is 6.17. The van der Waals surface area contributed by atoms with Crippen LogP contribution in [0, 0.1) is 19.7 Å². The predicted octanol–water partition coefficient (Wildman–Crippen LogP) is 4.34. The van der Waals surface area contributed by atoms with Gasteiger partial charge in [-0.1, -0.05) is 11.6 Å². The Balaban J connectivity index is 2.43. The third-order valence-corrected chi connectivity index (χ3v) is 3.44. The molecule has 0 spiro atoms. The van der Waals surface area contributed by atoms with Crippen LogP contribution in [-0.4, -0.2) is 10.1 Å². The summed E-state index contributed by atoms with van der Waals surface area (Å²) >= 11 is 5.89. The molecule has 1 atom stereocenters. The molecule has 0 amide bonds. The van der Waals surface area contributed by atoms with E-state index in [0.29, 0.717) is 11.5 Å². The molecule has 2 aromatic rings. The molecule has 0 aliphatic heterocycles. The van der Waals surface area contributed by atoms with Crippen LogP contribution in [0.3, 0.4) is 0 Å². The Hall–Kier alpha value is -1.65. The average molecular weight is 296 g/mol. The van der Waals surface area contributed by atoms with Gasteiger partial charge in [0.05, 0.1) is 17.3 Å². The molecule has 3 nitrogen and oxygen atoms in total. The lowest BCUT2D eigenvalue weighted by Crippen LogP contribution is -2.00. The zero-order valence-electron chi connectivity index (χ0n) is 11.4. The molecule has 1 aromatic carbocycles. The number of rotatable bonds is 3. The summed E-state index contributed by atoms with van der Waals surface area (Å²) in [5.74, 6) is 0.238. The average Bonchev–Trinajstić information content (AvgIpc) is 2.38. The van der Waals surface area contributed by atoms with Gasteiger partial charge in [-0.2, -0.15) is 0 Å². The van der Waals surface area contributed by atoms with Crippen molar-refractivity contribution in [3.63, 3.8) is 0 Å². The fourth-order valence-electron chi connectivity index (χ4n) is 1.83. The Bertz CT molecular complexity index is 644. The van der Waals surface area contributed by atoms with E-state index in [1.165, 1.54) is 19.1 Å². The normalized spacial score (nSPS) is 12.3. The van der Waals surface area contributed by atoms with Crippen molar-refractivity contribution in [1.82, 2.24) is 4.98 Å². The second kappa shape index (κ2) is 5.77. The second-order valence-electron chi connectivity index (χ2n) is 4.62. The Labute approximate surface area is 122 Å². The van der Waals surface area contributed by atoms with E-state index < -0.39 is 11.9 Å². The molecule has 106 valence electrons. The number of nitrogens with zero attached hydrogens (tertiary/aromatic N) is 1. The van der Waals surface area contributed by atoms with Gasteiger partial charge in [-0.05, 0) is 44.5 Å². The summed E-state index contributed by atoms with van der Waals surface area (Å²) in [5.41, 5.74) is 2.12. The number of aliphatic hydroxyl groups excluding tert-OH is 1. The quantitative estimate of drug-likeness (QED) is 0.916. The van der Waals surface area contributed by atoms with Gasteiger partial charge in [0, 0.05) is 11.3 Å². The van der Waals surface area contributed by atoms with E-state index in [4.69, 9.17) is 16.3 Å². The van der Waals surface area contributed by atoms with Crippen molar-refractivity contribution in [2.45, 2.75) is 26.9 Å². The molecule has 0 saturated carbocycles. The molecular formula is C15H15ClFNO2. The molecule has 0 fully saturated rings. The van der Waals surface area contributed by atoms with Crippen molar-refractivity contribution in [2.75, 3.05) is 0 Å². The van der Waals surface area contributed by atoms with E-state index in [9.17, 15) is 9.50 Å². The smallest absolute Gasteiger partial charge is 0.146 e. The molecule has 1 N–H and O–H groups in total. The van der Waals surface area contributed by atoms with Crippen molar-refractivity contribution in [3.8, 4) is 11.5 Å². The first-order chi connectivity index (χ1) is 9.40. The van der Waals surface area contributed by atoms with E-state index >= 15 is 0 Å². The molecule has 0 saturated heterocycles. The minimum absolute atomic E-state index is 0.130. The van der Waals surface area contributed by atoms with Crippen LogP contribution in [0.2, 0.25) is 5.02 Å². The largest absolute Gasteiger partial charge is 0.455 e. The molecule has 0 aliphatic rings. The third-order valence-electron chi connectivity index (χ3n) is 3.05. The predicted molar refractivity (Wildman–Crippen MR) is 75.8 cm³/mol. The molecule has 0 radical (unpaired) electrons. The van der Waals surface area contributed by atoms with Crippen LogP contribution >= 0.6 is 11.6 Å². The van der Waals surface area contributed by atoms with Gasteiger partial charge in [0.25, 0.3) is 0 Å². The summed E-state index contributed by atoms with van der Waals surface area (Å²) in [4.78, 5) is 4.19. The maximum Gasteiger partial charge on any atom is 0.146 e. The van der Waals surface area contributed by atoms with Crippen molar-refractivity contribution in [3.05, 3.63) is 52.1 Å². The number of hydrogen-bond donors (Lipinski definition) is 1. The van der Waals surface area contributed by atoms with Crippen LogP contribution in [0.1, 0.15) is 29.8 Å². The summed E-state index contributed by atoms with van der Waals surface area (Å²) < 4.78 is 19.1. The van der Waals surface area contributed by atoms with E-state index in [2.05, 4.69) is 4.98 Å². The van der Waals surface area contributed by atoms with Crippen LogP contribution in [0.4, 0.5) is 4.39 Å². The molecule has 1 aromatic heterocycles. The SMILES string of the molecule is Cc1cc(Oc2ccc(F)c(Cl)c2C(C)O)cnc1C. The second-order valence-corrected chi connectivity index (χ2v) is 5.00. The number of ether oxygens (including phenoxy) is 1. The lowest BCUT2D eigenvalue weighted by molar-refractivity contribution is 0.195. The highest BCUT2D eigenvalue weighted by Crippen LogP contribution is 2.36. The summed E-state index contributed by atoms with van der Waals surface area (Å²) in [6.45, 7) is 5.32. The van der Waals surface area contributed by atoms with Crippen LogP contribution in [0.15, 0.2) is 24.4 Å². The highest BCUT2D eigenvalue weighted by molar-refractivity contribution is 6.31. The van der Waals surface area contributed by atoms with Crippen LogP contribution in [0.25, 0.3) is 0 Å². The summed E-state index contributed by atoms with van der Waals surface area (Å²) in [5, 5.41) is 9.61. The van der Waals surface area contributed by atoms with E-state index in [1.807, 2.05) is 19.9 Å². The molecule has 1 heterocycles. The minimum atomic E-state index is -0.937. The molecule has 5 heteroatoms. The lowest BCUT2D eigenvalue weighted by atomic mass is 10.1. The van der Waals surface area contributed by atoms with Crippen LogP contribution in [-0.2, 0) is 0 Å². The highest BCUT2D eigenvalue weighted by atomic mass is 35.5. The number of benzene rings is 1. The molecule has 20 heavy (non-hydrogen) atoms. The topological polar surface area (TPSA) is 42.4 Å². The Morgan fingerprint density at radius 1 is 1.35 bits per heavy atom. The monoisotopic (exact) mass is 295 g/mol. The molecular weight excluding hydrogens is 281 g/mol. The zero-order chi connectivity index (χ0) is 14.9. The number of pyridine rings is 1. The molecule has 1 unspecified atom stereocenters. The molecule has 0 bridgehead atoms. The summed E-state index contributed by atoms with van der Waals surface area (Å²) in [6.07, 6.45) is 0.638. The highest BCUT2D eigenvalue weighted by Gasteiger charge is 2.18. The number of aromatic nitrogens is 1. The number of aryl methyl sites for hydroxylation is 2. The van der Waals surface area contributed by atoms with Gasteiger partial charge in [0.15, 0.2) is 0 Å². The molecule has 0 aliphatic carbocycles. The third kappa shape index (κ3) is 2.92. The van der Waals surface area contributed by atoms with Crippen LogP contribution in [0.5, 0.6) is 11.5 Å². The first-order valence-corrected chi connectivity index (χ1v) is 6.55. The Morgan fingerprint density at radius 3 is 2.65 bits per heavy atom. The first kappa shape index (κ1) is 14.8. The van der Waals surface area contributed by atoms with E-state index in [0.717, 1.165) is 11.3 Å². The lowest BCUT2D eigenvalue weighted by Gasteiger charge is -2.15. The number of aliphatic hydroxyl groups is 1.